The van der Waals surface area contributed by atoms with E-state index >= 15 is 0 Å². The van der Waals surface area contributed by atoms with Crippen LogP contribution in [0.25, 0.3) is 0 Å². The first-order chi connectivity index (χ1) is 12.7. The maximum Gasteiger partial charge on any atom is 0.416 e. The zero-order valence-electron chi connectivity index (χ0n) is 15.4. The van der Waals surface area contributed by atoms with Gasteiger partial charge in [0.1, 0.15) is 5.75 Å². The molecule has 1 N–H and O–H groups in total. The molecule has 0 spiro atoms. The van der Waals surface area contributed by atoms with E-state index in [2.05, 4.69) is 10.3 Å². The minimum Gasteiger partial charge on any atom is -0.439 e. The van der Waals surface area contributed by atoms with Crippen molar-refractivity contribution in [3.8, 4) is 11.6 Å². The number of likely N-dealkylation sites (N-methyl/N-ethyl adjacent to an activating group) is 1. The Balaban J connectivity index is 2.13. The Bertz CT molecular complexity index is 779. The molecular formula is C19H22F3N3O2. The fourth-order valence-electron chi connectivity index (χ4n) is 2.58. The van der Waals surface area contributed by atoms with Crippen molar-refractivity contribution >= 4 is 5.91 Å². The maximum atomic E-state index is 12.8. The molecule has 0 saturated heterocycles. The molecule has 8 heteroatoms. The summed E-state index contributed by atoms with van der Waals surface area (Å²) in [7, 11) is 3.64. The average Bonchev–Trinajstić information content (AvgIpc) is 2.61. The van der Waals surface area contributed by atoms with Gasteiger partial charge in [-0.25, -0.2) is 4.98 Å². The van der Waals surface area contributed by atoms with Crippen molar-refractivity contribution in [3.63, 3.8) is 0 Å². The van der Waals surface area contributed by atoms with Gasteiger partial charge in [-0.05, 0) is 44.8 Å². The molecule has 1 aromatic heterocycles. The molecule has 0 aliphatic rings. The van der Waals surface area contributed by atoms with Crippen LogP contribution in [0, 0.1) is 0 Å². The SMILES string of the molecule is CC[C@H](C(=O)NCc1cccnc1Oc1cccc(C(F)(F)F)c1)N(C)C. The van der Waals surface area contributed by atoms with Gasteiger partial charge in [0.25, 0.3) is 0 Å². The lowest BCUT2D eigenvalue weighted by atomic mass is 10.2. The Kier molecular flexibility index (Phi) is 6.79. The van der Waals surface area contributed by atoms with Gasteiger partial charge >= 0.3 is 6.18 Å². The van der Waals surface area contributed by atoms with Gasteiger partial charge in [-0.3, -0.25) is 9.69 Å². The van der Waals surface area contributed by atoms with Crippen LogP contribution < -0.4 is 10.1 Å². The van der Waals surface area contributed by atoms with Crippen LogP contribution in [0.15, 0.2) is 42.6 Å². The topological polar surface area (TPSA) is 54.5 Å². The third-order valence-corrected chi connectivity index (χ3v) is 3.99. The Morgan fingerprint density at radius 1 is 1.26 bits per heavy atom. The first-order valence-corrected chi connectivity index (χ1v) is 8.45. The Hall–Kier alpha value is -2.61. The van der Waals surface area contributed by atoms with Crippen LogP contribution in [-0.2, 0) is 17.5 Å². The molecule has 1 amide bonds. The van der Waals surface area contributed by atoms with Gasteiger partial charge in [0, 0.05) is 18.3 Å². The number of hydrogen-bond acceptors (Lipinski definition) is 4. The first kappa shape index (κ1) is 20.7. The number of alkyl halides is 3. The van der Waals surface area contributed by atoms with E-state index in [9.17, 15) is 18.0 Å². The van der Waals surface area contributed by atoms with Crippen LogP contribution in [0.1, 0.15) is 24.5 Å². The molecule has 27 heavy (non-hydrogen) atoms. The fourth-order valence-corrected chi connectivity index (χ4v) is 2.58. The predicted molar refractivity (Wildman–Crippen MR) is 95.4 cm³/mol. The minimum absolute atomic E-state index is 0.0239. The molecule has 0 unspecified atom stereocenters. The number of rotatable bonds is 7. The first-order valence-electron chi connectivity index (χ1n) is 8.45. The van der Waals surface area contributed by atoms with Crippen molar-refractivity contribution in [1.29, 1.82) is 0 Å². The molecule has 1 atom stereocenters. The van der Waals surface area contributed by atoms with Crippen LogP contribution in [-0.4, -0.2) is 35.9 Å². The number of carbonyl (C=O) groups is 1. The van der Waals surface area contributed by atoms with Gasteiger partial charge in [0.15, 0.2) is 0 Å². The van der Waals surface area contributed by atoms with Crippen LogP contribution in [0.5, 0.6) is 11.6 Å². The van der Waals surface area contributed by atoms with Crippen LogP contribution in [0.4, 0.5) is 13.2 Å². The number of pyridine rings is 1. The van der Waals surface area contributed by atoms with Crippen LogP contribution in [0.3, 0.4) is 0 Å². The summed E-state index contributed by atoms with van der Waals surface area (Å²) in [6.07, 6.45) is -2.33. The summed E-state index contributed by atoms with van der Waals surface area (Å²) >= 11 is 0. The van der Waals surface area contributed by atoms with Crippen molar-refractivity contribution in [2.45, 2.75) is 32.1 Å². The minimum atomic E-state index is -4.46. The fraction of sp³-hybridized carbons (Fsp3) is 0.368. The molecule has 2 aromatic rings. The molecular weight excluding hydrogens is 359 g/mol. The molecule has 2 rings (SSSR count). The van der Waals surface area contributed by atoms with Crippen molar-refractivity contribution < 1.29 is 22.7 Å². The van der Waals surface area contributed by atoms with E-state index in [0.717, 1.165) is 12.1 Å². The van der Waals surface area contributed by atoms with E-state index in [1.165, 1.54) is 18.3 Å². The van der Waals surface area contributed by atoms with Crippen molar-refractivity contribution in [2.75, 3.05) is 14.1 Å². The zero-order valence-corrected chi connectivity index (χ0v) is 15.4. The van der Waals surface area contributed by atoms with Crippen molar-refractivity contribution in [3.05, 3.63) is 53.7 Å². The largest absolute Gasteiger partial charge is 0.439 e. The molecule has 0 fully saturated rings. The highest BCUT2D eigenvalue weighted by Gasteiger charge is 2.30. The van der Waals surface area contributed by atoms with Gasteiger partial charge < -0.3 is 10.1 Å². The van der Waals surface area contributed by atoms with E-state index < -0.39 is 11.7 Å². The molecule has 0 saturated carbocycles. The summed E-state index contributed by atoms with van der Waals surface area (Å²) in [4.78, 5) is 18.2. The monoisotopic (exact) mass is 381 g/mol. The van der Waals surface area contributed by atoms with Gasteiger partial charge in [0.2, 0.25) is 11.8 Å². The number of carbonyl (C=O) groups excluding carboxylic acids is 1. The second-order valence-corrected chi connectivity index (χ2v) is 6.20. The summed E-state index contributed by atoms with van der Waals surface area (Å²) in [5.74, 6) is 0.0298. The van der Waals surface area contributed by atoms with E-state index in [1.807, 2.05) is 25.9 Å². The molecule has 5 nitrogen and oxygen atoms in total. The highest BCUT2D eigenvalue weighted by atomic mass is 19.4. The number of amides is 1. The van der Waals surface area contributed by atoms with Gasteiger partial charge in [0.05, 0.1) is 11.6 Å². The molecule has 0 bridgehead atoms. The van der Waals surface area contributed by atoms with Crippen LogP contribution in [0.2, 0.25) is 0 Å². The van der Waals surface area contributed by atoms with E-state index in [0.29, 0.717) is 12.0 Å². The third-order valence-electron chi connectivity index (χ3n) is 3.99. The molecule has 0 radical (unpaired) electrons. The summed E-state index contributed by atoms with van der Waals surface area (Å²) in [6, 6.07) is 7.68. The van der Waals surface area contributed by atoms with E-state index in [1.54, 1.807) is 12.1 Å². The molecule has 0 aliphatic carbocycles. The Labute approximate surface area is 156 Å². The number of halogens is 3. The number of benzene rings is 1. The smallest absolute Gasteiger partial charge is 0.416 e. The quantitative estimate of drug-likeness (QED) is 0.792. The van der Waals surface area contributed by atoms with Crippen LogP contribution >= 0.6 is 0 Å². The number of nitrogens with zero attached hydrogens (tertiary/aromatic N) is 2. The predicted octanol–water partition coefficient (Wildman–Crippen LogP) is 3.85. The second kappa shape index (κ2) is 8.85. The third kappa shape index (κ3) is 5.68. The summed E-state index contributed by atoms with van der Waals surface area (Å²) in [6.45, 7) is 2.07. The highest BCUT2D eigenvalue weighted by Crippen LogP contribution is 2.32. The van der Waals surface area contributed by atoms with Crippen molar-refractivity contribution in [2.24, 2.45) is 0 Å². The summed E-state index contributed by atoms with van der Waals surface area (Å²) in [5.41, 5.74) is -0.237. The van der Waals surface area contributed by atoms with Gasteiger partial charge in [-0.1, -0.05) is 19.1 Å². The van der Waals surface area contributed by atoms with Crippen molar-refractivity contribution in [1.82, 2.24) is 15.2 Å². The summed E-state index contributed by atoms with van der Waals surface area (Å²) in [5, 5.41) is 2.81. The average molecular weight is 381 g/mol. The normalized spacial score (nSPS) is 12.7. The standard InChI is InChI=1S/C19H22F3N3O2/c1-4-16(25(2)3)17(26)24-12-13-7-6-10-23-18(13)27-15-9-5-8-14(11-15)19(20,21)22/h5-11,16H,4,12H2,1-3H3,(H,24,26)/t16-/m1/s1. The summed E-state index contributed by atoms with van der Waals surface area (Å²) < 4.78 is 44.1. The van der Waals surface area contributed by atoms with E-state index in [4.69, 9.17) is 4.74 Å². The lowest BCUT2D eigenvalue weighted by Crippen LogP contribution is -2.42. The van der Waals surface area contributed by atoms with Gasteiger partial charge in [-0.15, -0.1) is 0 Å². The number of nitrogens with one attached hydrogen (secondary N) is 1. The molecule has 1 aromatic carbocycles. The number of hydrogen-bond donors (Lipinski definition) is 1. The number of aromatic nitrogens is 1. The maximum absolute atomic E-state index is 12.8. The lowest BCUT2D eigenvalue weighted by Gasteiger charge is -2.22. The second-order valence-electron chi connectivity index (χ2n) is 6.20. The number of ether oxygens (including phenoxy) is 1. The Morgan fingerprint density at radius 3 is 2.63 bits per heavy atom. The van der Waals surface area contributed by atoms with Gasteiger partial charge in [-0.2, -0.15) is 13.2 Å². The lowest BCUT2D eigenvalue weighted by molar-refractivity contribution is -0.137. The molecule has 1 heterocycles. The highest BCUT2D eigenvalue weighted by molar-refractivity contribution is 5.81. The molecule has 146 valence electrons. The van der Waals surface area contributed by atoms with E-state index in [-0.39, 0.29) is 30.1 Å². The molecule has 0 aliphatic heterocycles. The zero-order chi connectivity index (χ0) is 20.0. The Morgan fingerprint density at radius 2 is 2.00 bits per heavy atom.